The monoisotopic (exact) mass is 367 g/mol. The van der Waals surface area contributed by atoms with E-state index in [1.54, 1.807) is 11.3 Å². The zero-order chi connectivity index (χ0) is 17.6. The van der Waals surface area contributed by atoms with Crippen molar-refractivity contribution in [2.75, 3.05) is 24.5 Å². The van der Waals surface area contributed by atoms with E-state index in [9.17, 15) is 0 Å². The van der Waals surface area contributed by atoms with E-state index in [4.69, 9.17) is 0 Å². The molecule has 2 N–H and O–H groups in total. The molecule has 0 aromatic carbocycles. The lowest BCUT2D eigenvalue weighted by atomic mass is 9.81. The van der Waals surface area contributed by atoms with E-state index in [1.807, 2.05) is 12.4 Å². The Morgan fingerprint density at radius 2 is 2.12 bits per heavy atom. The van der Waals surface area contributed by atoms with Gasteiger partial charge in [0.1, 0.15) is 10.7 Å². The van der Waals surface area contributed by atoms with Crippen LogP contribution in [-0.2, 0) is 0 Å². The molecule has 0 saturated carbocycles. The fourth-order valence-electron chi connectivity index (χ4n) is 4.67. The molecule has 0 radical (unpaired) electrons. The highest BCUT2D eigenvalue weighted by Crippen LogP contribution is 2.39. The van der Waals surface area contributed by atoms with E-state index in [0.29, 0.717) is 5.54 Å². The largest absolute Gasteiger partial charge is 0.369 e. The van der Waals surface area contributed by atoms with Gasteiger partial charge in [-0.3, -0.25) is 0 Å². The molecule has 5 rings (SSSR count). The van der Waals surface area contributed by atoms with Crippen LogP contribution < -0.4 is 10.2 Å². The van der Waals surface area contributed by atoms with E-state index < -0.39 is 0 Å². The summed E-state index contributed by atoms with van der Waals surface area (Å²) in [6, 6.07) is 2.18. The van der Waals surface area contributed by atoms with E-state index in [0.717, 1.165) is 30.3 Å². The van der Waals surface area contributed by atoms with E-state index in [-0.39, 0.29) is 0 Å². The van der Waals surface area contributed by atoms with Gasteiger partial charge in [-0.05, 0) is 45.2 Å². The molecular weight excluding hydrogens is 342 g/mol. The van der Waals surface area contributed by atoms with Crippen LogP contribution in [-0.4, -0.2) is 40.1 Å². The number of thiazole rings is 1. The minimum absolute atomic E-state index is 0.292. The lowest BCUT2D eigenvalue weighted by Gasteiger charge is -2.47. The van der Waals surface area contributed by atoms with Crippen molar-refractivity contribution in [3.05, 3.63) is 29.5 Å². The Balaban J connectivity index is 1.57. The number of piperidine rings is 2. The third-order valence-corrected chi connectivity index (χ3v) is 6.85. The van der Waals surface area contributed by atoms with Gasteiger partial charge in [-0.2, -0.15) is 0 Å². The van der Waals surface area contributed by atoms with Crippen molar-refractivity contribution >= 4 is 28.1 Å². The minimum Gasteiger partial charge on any atom is -0.369 e. The fourth-order valence-corrected chi connectivity index (χ4v) is 5.45. The lowest BCUT2D eigenvalue weighted by Crippen LogP contribution is -2.59. The Morgan fingerprint density at radius 3 is 2.92 bits per heavy atom. The standard InChI is InChI=1S/C20H25N5S/c1-14-11-23-19(26-14)15-12-22-18-17(15)16(5-9-21-18)25-10-4-7-20(13-25)6-2-3-8-24-20/h5,9,11-12,24H,2-4,6-8,10,13H2,1H3,(H,21,22). The number of rotatable bonds is 2. The van der Waals surface area contributed by atoms with Crippen molar-refractivity contribution in [3.8, 4) is 10.6 Å². The number of hydrogen-bond acceptors (Lipinski definition) is 5. The number of fused-ring (bicyclic) bond motifs is 1. The summed E-state index contributed by atoms with van der Waals surface area (Å²) >= 11 is 1.75. The summed E-state index contributed by atoms with van der Waals surface area (Å²) in [7, 11) is 0. The summed E-state index contributed by atoms with van der Waals surface area (Å²) in [6.45, 7) is 5.48. The number of anilines is 1. The molecule has 136 valence electrons. The van der Waals surface area contributed by atoms with Crippen molar-refractivity contribution in [2.45, 2.75) is 44.6 Å². The Bertz CT molecular complexity index is 916. The first kappa shape index (κ1) is 16.3. The summed E-state index contributed by atoms with van der Waals surface area (Å²) in [5, 5.41) is 6.14. The molecule has 2 aliphatic heterocycles. The van der Waals surface area contributed by atoms with Crippen molar-refractivity contribution < 1.29 is 0 Å². The highest BCUT2D eigenvalue weighted by atomic mass is 32.1. The topological polar surface area (TPSA) is 56.8 Å². The van der Waals surface area contributed by atoms with Crippen molar-refractivity contribution in [3.63, 3.8) is 0 Å². The van der Waals surface area contributed by atoms with Crippen LogP contribution in [0.1, 0.15) is 37.0 Å². The quantitative estimate of drug-likeness (QED) is 0.716. The van der Waals surface area contributed by atoms with Crippen LogP contribution in [0.4, 0.5) is 5.69 Å². The molecule has 3 aromatic heterocycles. The Hall–Kier alpha value is -1.92. The molecule has 0 aliphatic carbocycles. The molecule has 3 aromatic rings. The smallest absolute Gasteiger partial charge is 0.140 e. The summed E-state index contributed by atoms with van der Waals surface area (Å²) in [4.78, 5) is 16.4. The van der Waals surface area contributed by atoms with Crippen molar-refractivity contribution in [1.29, 1.82) is 0 Å². The van der Waals surface area contributed by atoms with E-state index >= 15 is 0 Å². The lowest BCUT2D eigenvalue weighted by molar-refractivity contribution is 0.216. The maximum Gasteiger partial charge on any atom is 0.140 e. The molecule has 0 amide bonds. The van der Waals surface area contributed by atoms with Gasteiger partial charge in [0.25, 0.3) is 0 Å². The second-order valence-electron chi connectivity index (χ2n) is 7.72. The van der Waals surface area contributed by atoms with Gasteiger partial charge < -0.3 is 15.2 Å². The zero-order valence-corrected chi connectivity index (χ0v) is 16.0. The van der Waals surface area contributed by atoms with Gasteiger partial charge in [0, 0.05) is 47.7 Å². The third kappa shape index (κ3) is 2.72. The number of nitrogens with one attached hydrogen (secondary N) is 2. The summed E-state index contributed by atoms with van der Waals surface area (Å²) in [6.07, 6.45) is 12.4. The fraction of sp³-hybridized carbons (Fsp3) is 0.500. The first-order chi connectivity index (χ1) is 12.7. The number of nitrogens with zero attached hydrogens (tertiary/aromatic N) is 3. The SMILES string of the molecule is Cc1cnc(-c2c[nH]c3nccc(N4CCCC5(CCCCN5)C4)c23)s1. The van der Waals surface area contributed by atoms with Gasteiger partial charge in [0.15, 0.2) is 0 Å². The molecule has 6 heteroatoms. The van der Waals surface area contributed by atoms with Crippen molar-refractivity contribution in [1.82, 2.24) is 20.3 Å². The average Bonchev–Trinajstić information content (AvgIpc) is 3.28. The first-order valence-corrected chi connectivity index (χ1v) is 10.4. The molecule has 5 nitrogen and oxygen atoms in total. The van der Waals surface area contributed by atoms with Gasteiger partial charge in [-0.1, -0.05) is 6.42 Å². The molecule has 1 atom stereocenters. The Morgan fingerprint density at radius 1 is 1.19 bits per heavy atom. The molecule has 2 saturated heterocycles. The number of aromatic amines is 1. The first-order valence-electron chi connectivity index (χ1n) is 9.63. The Labute approximate surface area is 157 Å². The number of hydrogen-bond donors (Lipinski definition) is 2. The van der Waals surface area contributed by atoms with Gasteiger partial charge >= 0.3 is 0 Å². The maximum absolute atomic E-state index is 4.62. The second-order valence-corrected chi connectivity index (χ2v) is 8.96. The van der Waals surface area contributed by atoms with E-state index in [2.05, 4.69) is 44.4 Å². The maximum atomic E-state index is 4.62. The van der Waals surface area contributed by atoms with Crippen LogP contribution >= 0.6 is 11.3 Å². The van der Waals surface area contributed by atoms with Gasteiger partial charge in [-0.25, -0.2) is 9.97 Å². The van der Waals surface area contributed by atoms with Crippen LogP contribution in [0.25, 0.3) is 21.6 Å². The molecule has 5 heterocycles. The highest BCUT2D eigenvalue weighted by Gasteiger charge is 2.37. The summed E-state index contributed by atoms with van der Waals surface area (Å²) in [5.74, 6) is 0. The van der Waals surface area contributed by atoms with Gasteiger partial charge in [-0.15, -0.1) is 11.3 Å². The van der Waals surface area contributed by atoms with Crippen LogP contribution in [0.15, 0.2) is 24.7 Å². The predicted molar refractivity (Wildman–Crippen MR) is 108 cm³/mol. The zero-order valence-electron chi connectivity index (χ0n) is 15.2. The molecule has 2 fully saturated rings. The van der Waals surface area contributed by atoms with Crippen LogP contribution in [0, 0.1) is 6.92 Å². The van der Waals surface area contributed by atoms with Crippen LogP contribution in [0.3, 0.4) is 0 Å². The van der Waals surface area contributed by atoms with E-state index in [1.165, 1.54) is 53.6 Å². The Kier molecular flexibility index (Phi) is 3.98. The second kappa shape index (κ2) is 6.35. The molecule has 2 aliphatic rings. The van der Waals surface area contributed by atoms with Crippen LogP contribution in [0.5, 0.6) is 0 Å². The van der Waals surface area contributed by atoms with Crippen LogP contribution in [0.2, 0.25) is 0 Å². The molecular formula is C20H25N5S. The van der Waals surface area contributed by atoms with Gasteiger partial charge in [0.2, 0.25) is 0 Å². The number of H-pyrrole nitrogens is 1. The normalized spacial score (nSPS) is 23.8. The number of pyridine rings is 1. The van der Waals surface area contributed by atoms with Crippen molar-refractivity contribution in [2.24, 2.45) is 0 Å². The molecule has 1 spiro atoms. The number of aromatic nitrogens is 3. The third-order valence-electron chi connectivity index (χ3n) is 5.90. The molecule has 1 unspecified atom stereocenters. The molecule has 26 heavy (non-hydrogen) atoms. The average molecular weight is 368 g/mol. The highest BCUT2D eigenvalue weighted by molar-refractivity contribution is 7.15. The number of aryl methyl sites for hydroxylation is 1. The minimum atomic E-state index is 0.292. The summed E-state index contributed by atoms with van der Waals surface area (Å²) < 4.78 is 0. The van der Waals surface area contributed by atoms with Gasteiger partial charge in [0.05, 0.1) is 11.1 Å². The summed E-state index contributed by atoms with van der Waals surface area (Å²) in [5.41, 5.74) is 3.73. The predicted octanol–water partition coefficient (Wildman–Crippen LogP) is 4.11. The molecule has 0 bridgehead atoms.